The Balaban J connectivity index is 3.08. The molecule has 0 aromatic carbocycles. The van der Waals surface area contributed by atoms with Gasteiger partial charge < -0.3 is 0 Å². The van der Waals surface area contributed by atoms with Crippen LogP contribution in [0, 0.1) is 5.92 Å². The molecular formula is C11H25B. The van der Waals surface area contributed by atoms with E-state index in [9.17, 15) is 0 Å². The lowest BCUT2D eigenvalue weighted by molar-refractivity contribution is 0.514. The van der Waals surface area contributed by atoms with E-state index < -0.39 is 0 Å². The molecule has 0 aromatic heterocycles. The van der Waals surface area contributed by atoms with Crippen LogP contribution < -0.4 is 0 Å². The first-order valence-electron chi connectivity index (χ1n) is 5.68. The average Bonchev–Trinajstić information content (AvgIpc) is 2.03. The minimum absolute atomic E-state index is 0.871. The lowest BCUT2D eigenvalue weighted by atomic mass is 9.75. The summed E-state index contributed by atoms with van der Waals surface area (Å²) in [5.74, 6) is 1.79. The van der Waals surface area contributed by atoms with Crippen LogP contribution in [0.25, 0.3) is 0 Å². The topological polar surface area (TPSA) is 0 Å². The van der Waals surface area contributed by atoms with Crippen LogP contribution in [0.5, 0.6) is 0 Å². The summed E-state index contributed by atoms with van der Waals surface area (Å²) in [6.07, 6.45) is 8.56. The zero-order valence-electron chi connectivity index (χ0n) is 9.40. The maximum Gasteiger partial charge on any atom is 0.105 e. The highest BCUT2D eigenvalue weighted by atomic mass is 14.1. The van der Waals surface area contributed by atoms with Crippen LogP contribution in [-0.4, -0.2) is 7.85 Å². The Bertz CT molecular complexity index is 89.0. The van der Waals surface area contributed by atoms with E-state index in [-0.39, 0.29) is 0 Å². The molecule has 12 heavy (non-hydrogen) atoms. The van der Waals surface area contributed by atoms with Crippen molar-refractivity contribution in [1.82, 2.24) is 0 Å². The molecule has 0 nitrogen and oxygen atoms in total. The number of hydrogen-bond donors (Lipinski definition) is 0. The molecule has 0 saturated carbocycles. The van der Waals surface area contributed by atoms with Crippen LogP contribution in [0.3, 0.4) is 0 Å². The lowest BCUT2D eigenvalue weighted by Gasteiger charge is -2.14. The molecule has 0 bridgehead atoms. The Kier molecular flexibility index (Phi) is 7.74. The summed E-state index contributed by atoms with van der Waals surface area (Å²) in [4.78, 5) is 0. The highest BCUT2D eigenvalue weighted by molar-refractivity contribution is 6.11. The van der Waals surface area contributed by atoms with Crippen molar-refractivity contribution in [1.29, 1.82) is 0 Å². The molecule has 0 amide bonds. The summed E-state index contributed by atoms with van der Waals surface area (Å²) in [7, 11) is 2.38. The molecular weight excluding hydrogens is 143 g/mol. The Morgan fingerprint density at radius 2 is 1.58 bits per heavy atom. The number of rotatable bonds is 7. The maximum absolute atomic E-state index is 2.38. The molecule has 0 rings (SSSR count). The third-order valence-electron chi connectivity index (χ3n) is 2.90. The smallest absolute Gasteiger partial charge is 0.0675 e. The normalized spacial score (nSPS) is 13.7. The second kappa shape index (κ2) is 7.70. The average molecular weight is 168 g/mol. The Hall–Kier alpha value is 0.0649. The minimum Gasteiger partial charge on any atom is -0.0675 e. The third kappa shape index (κ3) is 6.76. The first-order valence-corrected chi connectivity index (χ1v) is 5.68. The van der Waals surface area contributed by atoms with Gasteiger partial charge >= 0.3 is 0 Å². The lowest BCUT2D eigenvalue weighted by Crippen LogP contribution is -2.01. The van der Waals surface area contributed by atoms with Gasteiger partial charge in [0.15, 0.2) is 0 Å². The van der Waals surface area contributed by atoms with Crippen LogP contribution in [0.1, 0.15) is 59.3 Å². The van der Waals surface area contributed by atoms with E-state index in [1.807, 2.05) is 0 Å². The summed E-state index contributed by atoms with van der Waals surface area (Å²) in [5.41, 5.74) is 0. The van der Waals surface area contributed by atoms with Gasteiger partial charge in [-0.2, -0.15) is 0 Å². The molecule has 0 N–H and O–H groups in total. The molecule has 0 aliphatic carbocycles. The van der Waals surface area contributed by atoms with E-state index in [4.69, 9.17) is 0 Å². The van der Waals surface area contributed by atoms with Crippen molar-refractivity contribution in [2.24, 2.45) is 5.92 Å². The largest absolute Gasteiger partial charge is 0.105 e. The fourth-order valence-electron chi connectivity index (χ4n) is 1.40. The van der Waals surface area contributed by atoms with Crippen molar-refractivity contribution < 1.29 is 0 Å². The molecule has 0 aliphatic rings. The molecule has 0 aromatic rings. The van der Waals surface area contributed by atoms with Crippen LogP contribution in [0.2, 0.25) is 5.82 Å². The second-order valence-electron chi connectivity index (χ2n) is 4.42. The van der Waals surface area contributed by atoms with Crippen LogP contribution >= 0.6 is 0 Å². The van der Waals surface area contributed by atoms with Crippen molar-refractivity contribution in [3.63, 3.8) is 0 Å². The number of unbranched alkanes of at least 4 members (excludes halogenated alkanes) is 4. The number of hydrogen-bond acceptors (Lipinski definition) is 0. The molecule has 0 aliphatic heterocycles. The van der Waals surface area contributed by atoms with Gasteiger partial charge in [0.05, 0.1) is 0 Å². The molecule has 0 fully saturated rings. The van der Waals surface area contributed by atoms with Crippen LogP contribution in [-0.2, 0) is 0 Å². The summed E-state index contributed by atoms with van der Waals surface area (Å²) in [6.45, 7) is 6.93. The molecule has 1 unspecified atom stereocenters. The SMILES string of the molecule is BC(CCCCCCC)C(C)C. The predicted molar refractivity (Wildman–Crippen MR) is 60.5 cm³/mol. The molecule has 0 heterocycles. The summed E-state index contributed by atoms with van der Waals surface area (Å²) >= 11 is 0. The van der Waals surface area contributed by atoms with Crippen molar-refractivity contribution in [3.05, 3.63) is 0 Å². The fourth-order valence-corrected chi connectivity index (χ4v) is 1.40. The van der Waals surface area contributed by atoms with Gasteiger partial charge in [-0.3, -0.25) is 0 Å². The monoisotopic (exact) mass is 168 g/mol. The first kappa shape index (κ1) is 12.1. The van der Waals surface area contributed by atoms with Crippen molar-refractivity contribution in [3.8, 4) is 0 Å². The van der Waals surface area contributed by atoms with E-state index in [0.717, 1.165) is 11.7 Å². The zero-order chi connectivity index (χ0) is 9.40. The van der Waals surface area contributed by atoms with Gasteiger partial charge in [0.2, 0.25) is 0 Å². The highest BCUT2D eigenvalue weighted by Gasteiger charge is 2.05. The molecule has 1 atom stereocenters. The highest BCUT2D eigenvalue weighted by Crippen LogP contribution is 2.20. The molecule has 1 heteroatoms. The van der Waals surface area contributed by atoms with Crippen LogP contribution in [0.4, 0.5) is 0 Å². The quantitative estimate of drug-likeness (QED) is 0.403. The fraction of sp³-hybridized carbons (Fsp3) is 1.00. The van der Waals surface area contributed by atoms with Gasteiger partial charge in [0.1, 0.15) is 7.85 Å². The third-order valence-corrected chi connectivity index (χ3v) is 2.90. The van der Waals surface area contributed by atoms with Gasteiger partial charge in [-0.15, -0.1) is 0 Å². The zero-order valence-corrected chi connectivity index (χ0v) is 9.40. The van der Waals surface area contributed by atoms with Crippen molar-refractivity contribution >= 4 is 7.85 Å². The van der Waals surface area contributed by atoms with E-state index in [0.29, 0.717) is 0 Å². The Morgan fingerprint density at radius 3 is 2.08 bits per heavy atom. The summed E-state index contributed by atoms with van der Waals surface area (Å²) < 4.78 is 0. The van der Waals surface area contributed by atoms with Gasteiger partial charge in [0.25, 0.3) is 0 Å². The molecule has 0 radical (unpaired) electrons. The molecule has 72 valence electrons. The first-order chi connectivity index (χ1) is 5.68. The second-order valence-corrected chi connectivity index (χ2v) is 4.42. The standard InChI is InChI=1S/C11H25B/c1-4-5-6-7-8-9-11(12)10(2)3/h10-11H,4-9,12H2,1-3H3. The van der Waals surface area contributed by atoms with Crippen molar-refractivity contribution in [2.45, 2.75) is 65.1 Å². The Morgan fingerprint density at radius 1 is 1.00 bits per heavy atom. The molecule has 0 saturated heterocycles. The minimum atomic E-state index is 0.871. The van der Waals surface area contributed by atoms with E-state index >= 15 is 0 Å². The van der Waals surface area contributed by atoms with Crippen molar-refractivity contribution in [2.75, 3.05) is 0 Å². The van der Waals surface area contributed by atoms with Crippen LogP contribution in [0.15, 0.2) is 0 Å². The van der Waals surface area contributed by atoms with Gasteiger partial charge in [-0.25, -0.2) is 0 Å². The molecule has 0 spiro atoms. The van der Waals surface area contributed by atoms with E-state index in [1.54, 1.807) is 0 Å². The maximum atomic E-state index is 2.38. The summed E-state index contributed by atoms with van der Waals surface area (Å²) in [5, 5.41) is 0. The summed E-state index contributed by atoms with van der Waals surface area (Å²) in [6, 6.07) is 0. The van der Waals surface area contributed by atoms with Gasteiger partial charge in [0, 0.05) is 0 Å². The Labute approximate surface area is 79.5 Å². The van der Waals surface area contributed by atoms with E-state index in [1.165, 1.54) is 38.5 Å². The van der Waals surface area contributed by atoms with E-state index in [2.05, 4.69) is 28.6 Å². The van der Waals surface area contributed by atoms with Gasteiger partial charge in [-0.1, -0.05) is 71.0 Å². The van der Waals surface area contributed by atoms with Gasteiger partial charge in [-0.05, 0) is 0 Å². The predicted octanol–water partition coefficient (Wildman–Crippen LogP) is 3.42.